The Morgan fingerprint density at radius 1 is 0.510 bits per heavy atom. The Morgan fingerprint density at radius 2 is 1.06 bits per heavy atom. The van der Waals surface area contributed by atoms with E-state index >= 15 is 0 Å². The fourth-order valence-corrected chi connectivity index (χ4v) is 9.28. The van der Waals surface area contributed by atoms with Crippen LogP contribution in [0.3, 0.4) is 0 Å². The summed E-state index contributed by atoms with van der Waals surface area (Å²) >= 11 is 1.81. The van der Waals surface area contributed by atoms with Crippen LogP contribution in [0.25, 0.3) is 96.0 Å². The Bertz CT molecular complexity index is 3100. The summed E-state index contributed by atoms with van der Waals surface area (Å²) in [6.45, 7) is 17.1. The lowest BCUT2D eigenvalue weighted by atomic mass is 9.97. The van der Waals surface area contributed by atoms with Crippen molar-refractivity contribution in [2.24, 2.45) is 0 Å². The molecule has 0 aliphatic heterocycles. The molecular formula is C45H26N4OS. The van der Waals surface area contributed by atoms with Gasteiger partial charge in [0, 0.05) is 47.3 Å². The molecule has 0 N–H and O–H groups in total. The number of hydrogen-bond donors (Lipinski definition) is 0. The van der Waals surface area contributed by atoms with Gasteiger partial charge in [-0.15, -0.1) is 11.3 Å². The molecule has 0 saturated heterocycles. The Labute approximate surface area is 297 Å². The average Bonchev–Trinajstić information content (AvgIpc) is 3.84. The van der Waals surface area contributed by atoms with Gasteiger partial charge < -0.3 is 13.9 Å². The van der Waals surface area contributed by atoms with Crippen molar-refractivity contribution in [2.45, 2.75) is 0 Å². The topological polar surface area (TPSA) is 27.8 Å². The second-order valence-electron chi connectivity index (χ2n) is 12.5. The normalized spacial score (nSPS) is 11.6. The van der Waals surface area contributed by atoms with Crippen LogP contribution in [-0.4, -0.2) is 16.2 Å². The number of methoxy groups -OCH3 is 1. The van der Waals surface area contributed by atoms with Gasteiger partial charge in [0.05, 0.1) is 53.7 Å². The summed E-state index contributed by atoms with van der Waals surface area (Å²) in [6, 6.07) is 48.3. The summed E-state index contributed by atoms with van der Waals surface area (Å²) in [7, 11) is 1.60. The molecule has 0 aliphatic carbocycles. The van der Waals surface area contributed by atoms with Gasteiger partial charge in [0.15, 0.2) is 0 Å². The zero-order valence-electron chi connectivity index (χ0n) is 27.4. The van der Waals surface area contributed by atoms with Crippen molar-refractivity contribution in [1.82, 2.24) is 9.13 Å². The average molecular weight is 671 g/mol. The van der Waals surface area contributed by atoms with E-state index in [0.29, 0.717) is 17.0 Å². The zero-order chi connectivity index (χ0) is 34.2. The number of benzene rings is 7. The second-order valence-corrected chi connectivity index (χ2v) is 13.6. The molecule has 0 fully saturated rings. The summed E-state index contributed by atoms with van der Waals surface area (Å²) in [5, 5.41) is 6.93. The molecule has 3 heterocycles. The summed E-state index contributed by atoms with van der Waals surface area (Å²) in [5.74, 6) is 0.367. The number of rotatable bonds is 4. The number of aromatic nitrogens is 2. The first-order valence-corrected chi connectivity index (χ1v) is 17.5. The number of para-hydroxylation sites is 3. The highest BCUT2D eigenvalue weighted by Crippen LogP contribution is 2.56. The van der Waals surface area contributed by atoms with Crippen molar-refractivity contribution in [3.05, 3.63) is 162 Å². The second kappa shape index (κ2) is 11.1. The SMILES string of the molecule is [C-]#[N+]c1c([N+]#[C-])c(-c2ccccc2)c(-n2c3ccccc3c3c4sc5ccccc5c4ccc32)c(-n2c3ccccc3c3ccccc32)c1OC. The molecule has 6 heteroatoms. The molecule has 10 aromatic rings. The van der Waals surface area contributed by atoms with E-state index in [1.165, 1.54) is 20.2 Å². The molecule has 10 rings (SSSR count). The molecule has 5 nitrogen and oxygen atoms in total. The first-order valence-electron chi connectivity index (χ1n) is 16.6. The summed E-state index contributed by atoms with van der Waals surface area (Å²) in [6.07, 6.45) is 0. The Kier molecular flexibility index (Phi) is 6.32. The van der Waals surface area contributed by atoms with Crippen LogP contribution < -0.4 is 4.74 Å². The van der Waals surface area contributed by atoms with Crippen LogP contribution in [0.4, 0.5) is 11.4 Å². The minimum absolute atomic E-state index is 0.194. The number of thiophene rings is 1. The smallest absolute Gasteiger partial charge is 0.238 e. The van der Waals surface area contributed by atoms with Crippen LogP contribution in [0.5, 0.6) is 5.75 Å². The maximum atomic E-state index is 8.59. The quantitative estimate of drug-likeness (QED) is 0.171. The Morgan fingerprint density at radius 3 is 1.71 bits per heavy atom. The van der Waals surface area contributed by atoms with Crippen molar-refractivity contribution in [1.29, 1.82) is 0 Å². The molecule has 0 radical (unpaired) electrons. The summed E-state index contributed by atoms with van der Waals surface area (Å²) in [5.41, 5.74) is 7.48. The maximum absolute atomic E-state index is 8.59. The third kappa shape index (κ3) is 3.94. The van der Waals surface area contributed by atoms with E-state index in [1.54, 1.807) is 7.11 Å². The van der Waals surface area contributed by atoms with Crippen molar-refractivity contribution < 1.29 is 4.74 Å². The van der Waals surface area contributed by atoms with Gasteiger partial charge in [0.25, 0.3) is 0 Å². The summed E-state index contributed by atoms with van der Waals surface area (Å²) in [4.78, 5) is 8.15. The first-order chi connectivity index (χ1) is 25.2. The molecule has 0 unspecified atom stereocenters. The molecule has 7 aromatic carbocycles. The Balaban J connectivity index is 1.52. The van der Waals surface area contributed by atoms with Crippen LogP contribution >= 0.6 is 11.3 Å². The number of hydrogen-bond acceptors (Lipinski definition) is 2. The standard InChI is InChI=1S/C45H26N4OS/c1-46-40-38(27-15-5-4-6-16-27)42(43(44(50-3)41(40)47-2)48-33-21-11-7-17-28(33)29-18-8-12-22-34(29)48)49-35-23-13-9-20-32(35)39-36(49)26-25-31-30-19-10-14-24-37(30)51-45(31)39/h4-26H,3H3. The van der Waals surface area contributed by atoms with Crippen molar-refractivity contribution in [3.8, 4) is 28.3 Å². The molecule has 3 aromatic heterocycles. The van der Waals surface area contributed by atoms with Gasteiger partial charge in [-0.1, -0.05) is 109 Å². The number of nitrogens with zero attached hydrogens (tertiary/aromatic N) is 4. The molecule has 0 saturated carbocycles. The van der Waals surface area contributed by atoms with Gasteiger partial charge in [-0.05, 0) is 35.9 Å². The van der Waals surface area contributed by atoms with Crippen LogP contribution in [0.15, 0.2) is 140 Å². The van der Waals surface area contributed by atoms with Crippen molar-refractivity contribution in [3.63, 3.8) is 0 Å². The molecule has 238 valence electrons. The first kappa shape index (κ1) is 29.1. The number of ether oxygens (including phenoxy) is 1. The lowest BCUT2D eigenvalue weighted by Crippen LogP contribution is -2.08. The monoisotopic (exact) mass is 670 g/mol. The van der Waals surface area contributed by atoms with E-state index in [2.05, 4.69) is 116 Å². The van der Waals surface area contributed by atoms with Crippen LogP contribution in [-0.2, 0) is 0 Å². The molecule has 0 atom stereocenters. The molecule has 0 bridgehead atoms. The van der Waals surface area contributed by atoms with Gasteiger partial charge in [-0.3, -0.25) is 0 Å². The van der Waals surface area contributed by atoms with Gasteiger partial charge in [-0.25, -0.2) is 9.69 Å². The maximum Gasteiger partial charge on any atom is 0.238 e. The largest absolute Gasteiger partial charge is 0.507 e. The predicted molar refractivity (Wildman–Crippen MR) is 213 cm³/mol. The summed E-state index contributed by atoms with van der Waals surface area (Å²) < 4.78 is 13.3. The predicted octanol–water partition coefficient (Wildman–Crippen LogP) is 13.0. The fourth-order valence-electron chi connectivity index (χ4n) is 8.02. The fraction of sp³-hybridized carbons (Fsp3) is 0.0222. The highest BCUT2D eigenvalue weighted by atomic mass is 32.1. The molecule has 0 aliphatic rings. The van der Waals surface area contributed by atoms with Gasteiger partial charge >= 0.3 is 0 Å². The third-order valence-electron chi connectivity index (χ3n) is 10.0. The lowest BCUT2D eigenvalue weighted by molar-refractivity contribution is 0.416. The number of fused-ring (bicyclic) bond motifs is 10. The highest BCUT2D eigenvalue weighted by molar-refractivity contribution is 7.26. The molecular weight excluding hydrogens is 645 g/mol. The van der Waals surface area contributed by atoms with Gasteiger partial charge in [-0.2, -0.15) is 0 Å². The van der Waals surface area contributed by atoms with Crippen molar-refractivity contribution in [2.75, 3.05) is 7.11 Å². The van der Waals surface area contributed by atoms with Crippen LogP contribution in [0.1, 0.15) is 0 Å². The van der Waals surface area contributed by atoms with E-state index < -0.39 is 0 Å². The van der Waals surface area contributed by atoms with Gasteiger partial charge in [0.2, 0.25) is 11.4 Å². The van der Waals surface area contributed by atoms with Crippen LogP contribution in [0.2, 0.25) is 0 Å². The van der Waals surface area contributed by atoms with E-state index in [-0.39, 0.29) is 11.4 Å². The van der Waals surface area contributed by atoms with E-state index in [4.69, 9.17) is 17.9 Å². The minimum atomic E-state index is 0.194. The molecule has 0 amide bonds. The minimum Gasteiger partial charge on any atom is -0.507 e. The van der Waals surface area contributed by atoms with Gasteiger partial charge in [0.1, 0.15) is 5.75 Å². The van der Waals surface area contributed by atoms with E-state index in [9.17, 15) is 0 Å². The van der Waals surface area contributed by atoms with Crippen molar-refractivity contribution >= 4 is 86.5 Å². The highest BCUT2D eigenvalue weighted by Gasteiger charge is 2.32. The Hall–Kier alpha value is -6.86. The molecule has 0 spiro atoms. The third-order valence-corrected chi connectivity index (χ3v) is 11.3. The lowest BCUT2D eigenvalue weighted by Gasteiger charge is -2.25. The van der Waals surface area contributed by atoms with Crippen LogP contribution in [0, 0.1) is 13.1 Å². The van der Waals surface area contributed by atoms with E-state index in [0.717, 1.165) is 54.9 Å². The molecule has 51 heavy (non-hydrogen) atoms. The van der Waals surface area contributed by atoms with E-state index in [1.807, 2.05) is 53.8 Å². The zero-order valence-corrected chi connectivity index (χ0v) is 28.2.